The van der Waals surface area contributed by atoms with Crippen molar-refractivity contribution in [1.29, 1.82) is 0 Å². The van der Waals surface area contributed by atoms with Gasteiger partial charge in [-0.25, -0.2) is 4.79 Å². The Morgan fingerprint density at radius 2 is 1.55 bits per heavy atom. The van der Waals surface area contributed by atoms with E-state index in [1.807, 2.05) is 91.9 Å². The maximum absolute atomic E-state index is 13.5. The molecular formula is C28H25NO4. The second kappa shape index (κ2) is 9.57. The van der Waals surface area contributed by atoms with Gasteiger partial charge in [0.15, 0.2) is 0 Å². The van der Waals surface area contributed by atoms with Gasteiger partial charge >= 0.3 is 5.97 Å². The van der Waals surface area contributed by atoms with Crippen LogP contribution in [0.3, 0.4) is 0 Å². The third kappa shape index (κ3) is 4.58. The number of methoxy groups -OCH3 is 1. The number of para-hydroxylation sites is 1. The van der Waals surface area contributed by atoms with Crippen LogP contribution in [-0.4, -0.2) is 23.9 Å². The summed E-state index contributed by atoms with van der Waals surface area (Å²) >= 11 is 0. The number of benzene rings is 3. The first-order chi connectivity index (χ1) is 16.0. The quantitative estimate of drug-likeness (QED) is 0.354. The molecule has 166 valence electrons. The number of amides is 1. The average Bonchev–Trinajstić information content (AvgIpc) is 3.08. The van der Waals surface area contributed by atoms with Crippen LogP contribution in [0.4, 0.5) is 0 Å². The molecule has 1 unspecified atom stereocenters. The summed E-state index contributed by atoms with van der Waals surface area (Å²) in [6.07, 6.45) is 1.72. The molecule has 0 spiro atoms. The molecule has 1 aliphatic heterocycles. The Morgan fingerprint density at radius 3 is 2.21 bits per heavy atom. The molecule has 1 aliphatic rings. The van der Waals surface area contributed by atoms with Crippen molar-refractivity contribution >= 4 is 18.0 Å². The van der Waals surface area contributed by atoms with Crippen LogP contribution in [0, 0.1) is 0 Å². The molecule has 0 aliphatic carbocycles. The fourth-order valence-corrected chi connectivity index (χ4v) is 4.00. The molecule has 0 aromatic heterocycles. The number of carbonyl (C=O) groups excluding carboxylic acids is 2. The zero-order valence-electron chi connectivity index (χ0n) is 18.8. The molecule has 1 amide bonds. The van der Waals surface area contributed by atoms with E-state index in [1.54, 1.807) is 17.9 Å². The maximum Gasteiger partial charge on any atom is 0.340 e. The normalized spacial score (nSPS) is 15.7. The molecule has 3 aromatic carbocycles. The summed E-state index contributed by atoms with van der Waals surface area (Å²) < 4.78 is 10.9. The Hall–Kier alpha value is -4.12. The molecule has 33 heavy (non-hydrogen) atoms. The third-order valence-electron chi connectivity index (χ3n) is 5.65. The zero-order chi connectivity index (χ0) is 23.4. The SMILES string of the molecule is COC(=O)C1=C(C)N(C(C)c2ccccc2)C(=O)/C1=C\c1cccc(Oc2ccccc2)c1. The summed E-state index contributed by atoms with van der Waals surface area (Å²) in [5.41, 5.74) is 2.88. The van der Waals surface area contributed by atoms with Crippen LogP contribution >= 0.6 is 0 Å². The molecule has 0 bridgehead atoms. The van der Waals surface area contributed by atoms with Crippen LogP contribution in [0.1, 0.15) is 31.0 Å². The highest BCUT2D eigenvalue weighted by atomic mass is 16.5. The van der Waals surface area contributed by atoms with Gasteiger partial charge in [0.2, 0.25) is 0 Å². The predicted molar refractivity (Wildman–Crippen MR) is 127 cm³/mol. The summed E-state index contributed by atoms with van der Waals surface area (Å²) in [6.45, 7) is 3.72. The Morgan fingerprint density at radius 1 is 0.909 bits per heavy atom. The molecule has 0 fully saturated rings. The smallest absolute Gasteiger partial charge is 0.340 e. The molecule has 3 aromatic rings. The average molecular weight is 440 g/mol. The summed E-state index contributed by atoms with van der Waals surface area (Å²) in [5, 5.41) is 0. The fraction of sp³-hybridized carbons (Fsp3) is 0.143. The third-order valence-corrected chi connectivity index (χ3v) is 5.65. The van der Waals surface area contributed by atoms with E-state index in [4.69, 9.17) is 9.47 Å². The Balaban J connectivity index is 1.71. The van der Waals surface area contributed by atoms with E-state index in [1.165, 1.54) is 7.11 Å². The molecular weight excluding hydrogens is 414 g/mol. The van der Waals surface area contributed by atoms with Gasteiger partial charge in [-0.05, 0) is 55.3 Å². The Kier molecular flexibility index (Phi) is 6.41. The first-order valence-electron chi connectivity index (χ1n) is 10.7. The lowest BCUT2D eigenvalue weighted by atomic mass is 10.0. The fourth-order valence-electron chi connectivity index (χ4n) is 4.00. The lowest BCUT2D eigenvalue weighted by Gasteiger charge is -2.26. The van der Waals surface area contributed by atoms with Gasteiger partial charge in [0.1, 0.15) is 11.5 Å². The van der Waals surface area contributed by atoms with E-state index in [0.29, 0.717) is 22.8 Å². The van der Waals surface area contributed by atoms with Gasteiger partial charge in [-0.3, -0.25) is 4.79 Å². The summed E-state index contributed by atoms with van der Waals surface area (Å²) in [6, 6.07) is 26.3. The van der Waals surface area contributed by atoms with Crippen LogP contribution in [0.2, 0.25) is 0 Å². The van der Waals surface area contributed by atoms with Crippen molar-refractivity contribution in [2.45, 2.75) is 19.9 Å². The van der Waals surface area contributed by atoms with Crippen molar-refractivity contribution in [3.63, 3.8) is 0 Å². The summed E-state index contributed by atoms with van der Waals surface area (Å²) in [4.78, 5) is 27.8. The minimum Gasteiger partial charge on any atom is -0.465 e. The summed E-state index contributed by atoms with van der Waals surface area (Å²) in [5.74, 6) is 0.578. The minimum atomic E-state index is -0.536. The number of hydrogen-bond acceptors (Lipinski definition) is 4. The van der Waals surface area contributed by atoms with Crippen molar-refractivity contribution in [2.24, 2.45) is 0 Å². The zero-order valence-corrected chi connectivity index (χ0v) is 18.8. The minimum absolute atomic E-state index is 0.237. The molecule has 0 N–H and O–H groups in total. The lowest BCUT2D eigenvalue weighted by Crippen LogP contribution is -2.28. The molecule has 1 heterocycles. The monoisotopic (exact) mass is 439 g/mol. The standard InChI is InChI=1S/C28H25NO4/c1-19(22-12-6-4-7-13-22)29-20(2)26(28(31)32-3)25(27(29)30)18-21-11-10-16-24(17-21)33-23-14-8-5-9-15-23/h4-19H,1-3H3/b25-18-. The number of hydrogen-bond donors (Lipinski definition) is 0. The molecule has 0 radical (unpaired) electrons. The molecule has 0 saturated carbocycles. The maximum atomic E-state index is 13.5. The highest BCUT2D eigenvalue weighted by molar-refractivity contribution is 6.16. The first-order valence-corrected chi connectivity index (χ1v) is 10.7. The van der Waals surface area contributed by atoms with Crippen molar-refractivity contribution in [3.8, 4) is 11.5 Å². The second-order valence-corrected chi connectivity index (χ2v) is 7.76. The van der Waals surface area contributed by atoms with Gasteiger partial charge in [-0.2, -0.15) is 0 Å². The van der Waals surface area contributed by atoms with Gasteiger partial charge in [-0.15, -0.1) is 0 Å². The van der Waals surface area contributed by atoms with Crippen LogP contribution in [-0.2, 0) is 14.3 Å². The van der Waals surface area contributed by atoms with Crippen LogP contribution in [0.15, 0.2) is 102 Å². The number of allylic oxidation sites excluding steroid dienone is 1. The van der Waals surface area contributed by atoms with Crippen LogP contribution < -0.4 is 4.74 Å². The van der Waals surface area contributed by atoms with Crippen molar-refractivity contribution in [2.75, 3.05) is 7.11 Å². The number of ether oxygens (including phenoxy) is 2. The molecule has 5 nitrogen and oxygen atoms in total. The van der Waals surface area contributed by atoms with Crippen molar-refractivity contribution < 1.29 is 19.1 Å². The van der Waals surface area contributed by atoms with E-state index in [9.17, 15) is 9.59 Å². The largest absolute Gasteiger partial charge is 0.465 e. The van der Waals surface area contributed by atoms with Gasteiger partial charge in [0.25, 0.3) is 5.91 Å². The van der Waals surface area contributed by atoms with Gasteiger partial charge in [0, 0.05) is 5.70 Å². The van der Waals surface area contributed by atoms with Gasteiger partial charge in [-0.1, -0.05) is 60.7 Å². The van der Waals surface area contributed by atoms with Crippen LogP contribution in [0.25, 0.3) is 6.08 Å². The molecule has 0 saturated heterocycles. The first kappa shape index (κ1) is 22.1. The Labute approximate surface area is 193 Å². The predicted octanol–water partition coefficient (Wildman–Crippen LogP) is 5.91. The highest BCUT2D eigenvalue weighted by Crippen LogP contribution is 2.37. The van der Waals surface area contributed by atoms with Crippen LogP contribution in [0.5, 0.6) is 11.5 Å². The van der Waals surface area contributed by atoms with E-state index in [-0.39, 0.29) is 17.5 Å². The highest BCUT2D eigenvalue weighted by Gasteiger charge is 2.39. The molecule has 4 rings (SSSR count). The van der Waals surface area contributed by atoms with Gasteiger partial charge in [0.05, 0.1) is 24.3 Å². The van der Waals surface area contributed by atoms with E-state index in [2.05, 4.69) is 0 Å². The van der Waals surface area contributed by atoms with E-state index < -0.39 is 5.97 Å². The molecule has 1 atom stereocenters. The molecule has 5 heteroatoms. The summed E-state index contributed by atoms with van der Waals surface area (Å²) in [7, 11) is 1.32. The van der Waals surface area contributed by atoms with Gasteiger partial charge < -0.3 is 14.4 Å². The number of esters is 1. The second-order valence-electron chi connectivity index (χ2n) is 7.76. The number of rotatable bonds is 6. The number of carbonyl (C=O) groups is 2. The number of nitrogens with zero attached hydrogens (tertiary/aromatic N) is 1. The topological polar surface area (TPSA) is 55.8 Å². The van der Waals surface area contributed by atoms with E-state index in [0.717, 1.165) is 11.1 Å². The van der Waals surface area contributed by atoms with E-state index >= 15 is 0 Å². The van der Waals surface area contributed by atoms with Crippen molar-refractivity contribution in [3.05, 3.63) is 113 Å². The van der Waals surface area contributed by atoms with Crippen molar-refractivity contribution in [1.82, 2.24) is 4.90 Å². The lowest BCUT2D eigenvalue weighted by molar-refractivity contribution is -0.136. The Bertz CT molecular complexity index is 1230.